The van der Waals surface area contributed by atoms with E-state index >= 15 is 0 Å². The number of halogens is 2. The summed E-state index contributed by atoms with van der Waals surface area (Å²) in [6, 6.07) is 11.1. The molecule has 134 valence electrons. The van der Waals surface area contributed by atoms with Crippen LogP contribution < -0.4 is 9.62 Å². The molecule has 1 N–H and O–H groups in total. The lowest BCUT2D eigenvalue weighted by molar-refractivity contribution is -0.120. The maximum absolute atomic E-state index is 13.9. The molecule has 8 heteroatoms. The van der Waals surface area contributed by atoms with Gasteiger partial charge in [-0.05, 0) is 29.8 Å². The Kier molecular flexibility index (Phi) is 6.08. The molecule has 2 rings (SSSR count). The second kappa shape index (κ2) is 8.06. The maximum atomic E-state index is 13.9. The number of carbonyl (C=O) groups is 1. The fraction of sp³-hybridized carbons (Fsp3) is 0.235. The molecule has 0 saturated heterocycles. The summed E-state index contributed by atoms with van der Waals surface area (Å²) in [7, 11) is -3.71. The predicted molar refractivity (Wildman–Crippen MR) is 91.7 cm³/mol. The van der Waals surface area contributed by atoms with E-state index in [2.05, 4.69) is 5.32 Å². The smallest absolute Gasteiger partial charge is 0.232 e. The topological polar surface area (TPSA) is 66.5 Å². The average Bonchev–Trinajstić information content (AvgIpc) is 2.51. The second-order valence-corrected chi connectivity index (χ2v) is 7.35. The number of hydrogen-bond donors (Lipinski definition) is 1. The average molecular weight is 368 g/mol. The molecule has 0 atom stereocenters. The molecule has 2 aromatic carbocycles. The SMILES string of the molecule is CS(=O)(=O)N(CCNC(=O)Cc1cccc(F)c1)c1ccccc1F. The minimum Gasteiger partial charge on any atom is -0.354 e. The Morgan fingerprint density at radius 2 is 1.84 bits per heavy atom. The van der Waals surface area contributed by atoms with Crippen molar-refractivity contribution in [3.05, 3.63) is 65.7 Å². The third-order valence-corrected chi connectivity index (χ3v) is 4.59. The first-order valence-electron chi connectivity index (χ1n) is 7.51. The van der Waals surface area contributed by atoms with E-state index in [-0.39, 0.29) is 31.1 Å². The van der Waals surface area contributed by atoms with Crippen LogP contribution in [0.25, 0.3) is 0 Å². The number of nitrogens with one attached hydrogen (secondary N) is 1. The Bertz CT molecular complexity index is 856. The van der Waals surface area contributed by atoms with Crippen molar-refractivity contribution in [2.45, 2.75) is 6.42 Å². The normalized spacial score (nSPS) is 11.2. The summed E-state index contributed by atoms with van der Waals surface area (Å²) >= 11 is 0. The van der Waals surface area contributed by atoms with Crippen molar-refractivity contribution >= 4 is 21.6 Å². The number of carbonyl (C=O) groups excluding carboxylic acids is 1. The Hall–Kier alpha value is -2.48. The van der Waals surface area contributed by atoms with Crippen molar-refractivity contribution in [3.8, 4) is 0 Å². The third kappa shape index (κ3) is 5.53. The number of rotatable bonds is 7. The first kappa shape index (κ1) is 18.9. The zero-order valence-corrected chi connectivity index (χ0v) is 14.4. The van der Waals surface area contributed by atoms with E-state index in [9.17, 15) is 22.0 Å². The number of hydrogen-bond acceptors (Lipinski definition) is 3. The zero-order valence-electron chi connectivity index (χ0n) is 13.6. The molecule has 5 nitrogen and oxygen atoms in total. The largest absolute Gasteiger partial charge is 0.354 e. The van der Waals surface area contributed by atoms with Crippen LogP contribution in [-0.2, 0) is 21.2 Å². The van der Waals surface area contributed by atoms with E-state index in [0.29, 0.717) is 5.56 Å². The lowest BCUT2D eigenvalue weighted by Gasteiger charge is -2.23. The van der Waals surface area contributed by atoms with Crippen LogP contribution in [0, 0.1) is 11.6 Å². The van der Waals surface area contributed by atoms with E-state index < -0.39 is 21.7 Å². The van der Waals surface area contributed by atoms with Crippen LogP contribution in [0.3, 0.4) is 0 Å². The summed E-state index contributed by atoms with van der Waals surface area (Å²) in [5, 5.41) is 2.55. The van der Waals surface area contributed by atoms with Gasteiger partial charge in [-0.15, -0.1) is 0 Å². The highest BCUT2D eigenvalue weighted by Crippen LogP contribution is 2.20. The molecule has 2 aromatic rings. The highest BCUT2D eigenvalue weighted by atomic mass is 32.2. The summed E-state index contributed by atoms with van der Waals surface area (Å²) in [4.78, 5) is 11.9. The fourth-order valence-electron chi connectivity index (χ4n) is 2.31. The van der Waals surface area contributed by atoms with Gasteiger partial charge < -0.3 is 5.32 Å². The minimum atomic E-state index is -3.71. The van der Waals surface area contributed by atoms with Crippen LogP contribution in [0.5, 0.6) is 0 Å². The van der Waals surface area contributed by atoms with Crippen LogP contribution in [-0.4, -0.2) is 33.7 Å². The molecule has 0 aromatic heterocycles. The Labute approximate surface area is 145 Å². The van der Waals surface area contributed by atoms with Crippen LogP contribution in [0.1, 0.15) is 5.56 Å². The van der Waals surface area contributed by atoms with E-state index in [1.165, 1.54) is 36.4 Å². The maximum Gasteiger partial charge on any atom is 0.232 e. The third-order valence-electron chi connectivity index (χ3n) is 3.41. The Balaban J connectivity index is 1.97. The highest BCUT2D eigenvalue weighted by molar-refractivity contribution is 7.92. The summed E-state index contributed by atoms with van der Waals surface area (Å²) in [5.74, 6) is -1.49. The van der Waals surface area contributed by atoms with Gasteiger partial charge in [0.2, 0.25) is 15.9 Å². The Morgan fingerprint density at radius 1 is 1.12 bits per heavy atom. The predicted octanol–water partition coefficient (Wildman–Crippen LogP) is 2.09. The fourth-order valence-corrected chi connectivity index (χ4v) is 3.24. The van der Waals surface area contributed by atoms with Crippen LogP contribution in [0.15, 0.2) is 48.5 Å². The molecule has 1 amide bonds. The van der Waals surface area contributed by atoms with Crippen LogP contribution in [0.2, 0.25) is 0 Å². The van der Waals surface area contributed by atoms with Crippen molar-refractivity contribution in [1.29, 1.82) is 0 Å². The van der Waals surface area contributed by atoms with E-state index in [1.54, 1.807) is 6.07 Å². The van der Waals surface area contributed by atoms with Crippen LogP contribution >= 0.6 is 0 Å². The molecule has 0 saturated carbocycles. The zero-order chi connectivity index (χ0) is 18.4. The molecule has 0 unspecified atom stereocenters. The summed E-state index contributed by atoms with van der Waals surface area (Å²) in [6.45, 7) is -0.121. The van der Waals surface area contributed by atoms with Gasteiger partial charge in [0.1, 0.15) is 11.6 Å². The van der Waals surface area contributed by atoms with Gasteiger partial charge >= 0.3 is 0 Å². The minimum absolute atomic E-state index is 0.00441. The van der Waals surface area contributed by atoms with Gasteiger partial charge in [0.25, 0.3) is 0 Å². The summed E-state index contributed by atoms with van der Waals surface area (Å²) < 4.78 is 51.6. The number of nitrogens with zero attached hydrogens (tertiary/aromatic N) is 1. The van der Waals surface area contributed by atoms with Crippen molar-refractivity contribution in [2.24, 2.45) is 0 Å². The van der Waals surface area contributed by atoms with Crippen molar-refractivity contribution < 1.29 is 22.0 Å². The summed E-state index contributed by atoms with van der Waals surface area (Å²) in [6.07, 6.45) is 0.935. The molecule has 0 aliphatic carbocycles. The molecule has 0 spiro atoms. The quantitative estimate of drug-likeness (QED) is 0.814. The lowest BCUT2D eigenvalue weighted by Crippen LogP contribution is -2.39. The van der Waals surface area contributed by atoms with Crippen molar-refractivity contribution in [3.63, 3.8) is 0 Å². The first-order valence-corrected chi connectivity index (χ1v) is 9.35. The molecular weight excluding hydrogens is 350 g/mol. The summed E-state index contributed by atoms with van der Waals surface area (Å²) in [5.41, 5.74) is 0.427. The highest BCUT2D eigenvalue weighted by Gasteiger charge is 2.20. The number of para-hydroxylation sites is 1. The van der Waals surface area contributed by atoms with Gasteiger partial charge in [-0.2, -0.15) is 0 Å². The number of amides is 1. The molecule has 25 heavy (non-hydrogen) atoms. The first-order chi connectivity index (χ1) is 11.8. The molecule has 0 fully saturated rings. The van der Waals surface area contributed by atoms with Crippen LogP contribution in [0.4, 0.5) is 14.5 Å². The number of benzene rings is 2. The standard InChI is InChI=1S/C17H18F2N2O3S/c1-25(23,24)21(16-8-3-2-7-15(16)19)10-9-20-17(22)12-13-5-4-6-14(18)11-13/h2-8,11H,9-10,12H2,1H3,(H,20,22). The van der Waals surface area contributed by atoms with E-state index in [0.717, 1.165) is 16.6 Å². The van der Waals surface area contributed by atoms with Gasteiger partial charge in [0.05, 0.1) is 24.9 Å². The Morgan fingerprint density at radius 3 is 2.48 bits per heavy atom. The van der Waals surface area contributed by atoms with Gasteiger partial charge in [0.15, 0.2) is 0 Å². The lowest BCUT2D eigenvalue weighted by atomic mass is 10.1. The molecule has 0 aliphatic heterocycles. The van der Waals surface area contributed by atoms with Gasteiger partial charge in [-0.3, -0.25) is 9.10 Å². The van der Waals surface area contributed by atoms with E-state index in [4.69, 9.17) is 0 Å². The van der Waals surface area contributed by atoms with Crippen molar-refractivity contribution in [2.75, 3.05) is 23.7 Å². The van der Waals surface area contributed by atoms with Gasteiger partial charge in [-0.1, -0.05) is 24.3 Å². The molecule has 0 radical (unpaired) electrons. The molecule has 0 aliphatic rings. The molecular formula is C17H18F2N2O3S. The van der Waals surface area contributed by atoms with Crippen molar-refractivity contribution in [1.82, 2.24) is 5.32 Å². The second-order valence-electron chi connectivity index (χ2n) is 5.44. The van der Waals surface area contributed by atoms with Gasteiger partial charge in [-0.25, -0.2) is 17.2 Å². The number of anilines is 1. The molecule has 0 heterocycles. The van der Waals surface area contributed by atoms with E-state index in [1.807, 2.05) is 0 Å². The van der Waals surface area contributed by atoms with Gasteiger partial charge in [0, 0.05) is 6.54 Å². The number of sulfonamides is 1. The molecule has 0 bridgehead atoms. The monoisotopic (exact) mass is 368 g/mol.